The molecule has 0 saturated heterocycles. The lowest BCUT2D eigenvalue weighted by atomic mass is 10.1. The van der Waals surface area contributed by atoms with Crippen LogP contribution in [0.4, 0.5) is 0 Å². The van der Waals surface area contributed by atoms with E-state index in [9.17, 15) is 9.59 Å². The zero-order valence-corrected chi connectivity index (χ0v) is 15.0. The van der Waals surface area contributed by atoms with Gasteiger partial charge >= 0.3 is 0 Å². The lowest BCUT2D eigenvalue weighted by Gasteiger charge is -2.14. The first-order chi connectivity index (χ1) is 11.4. The minimum absolute atomic E-state index is 0.0883. The van der Waals surface area contributed by atoms with Gasteiger partial charge in [0.05, 0.1) is 12.6 Å². The van der Waals surface area contributed by atoms with Gasteiger partial charge in [0.2, 0.25) is 5.91 Å². The summed E-state index contributed by atoms with van der Waals surface area (Å²) in [6.07, 6.45) is 0. The van der Waals surface area contributed by atoms with Crippen molar-refractivity contribution in [3.63, 3.8) is 0 Å². The number of carbonyl (C=O) groups is 2. The second-order valence-electron chi connectivity index (χ2n) is 5.69. The Hall–Kier alpha value is -2.34. The Morgan fingerprint density at radius 3 is 2.50 bits per heavy atom. The monoisotopic (exact) mass is 344 g/mol. The average Bonchev–Trinajstić information content (AvgIpc) is 2.52. The highest BCUT2D eigenvalue weighted by Crippen LogP contribution is 2.13. The van der Waals surface area contributed by atoms with Crippen molar-refractivity contribution in [2.24, 2.45) is 0 Å². The zero-order valence-electron chi connectivity index (χ0n) is 14.0. The first-order valence-electron chi connectivity index (χ1n) is 7.71. The predicted octanol–water partition coefficient (Wildman–Crippen LogP) is 1.68. The highest BCUT2D eigenvalue weighted by atomic mass is 32.1. The highest BCUT2D eigenvalue weighted by molar-refractivity contribution is 7.58. The van der Waals surface area contributed by atoms with Gasteiger partial charge in [-0.05, 0) is 38.0 Å². The SMILES string of the molecule is Cc1cc(C)c(C(=O)NCC(=O)NC(C)c2ccccc2)c([SH2+])n1. The van der Waals surface area contributed by atoms with Crippen molar-refractivity contribution >= 4 is 24.4 Å². The van der Waals surface area contributed by atoms with Crippen LogP contribution in [0.25, 0.3) is 0 Å². The summed E-state index contributed by atoms with van der Waals surface area (Å²) in [6, 6.07) is 11.4. The van der Waals surface area contributed by atoms with Crippen LogP contribution in [-0.4, -0.2) is 23.3 Å². The summed E-state index contributed by atoms with van der Waals surface area (Å²) in [5, 5.41) is 5.97. The van der Waals surface area contributed by atoms with Crippen LogP contribution in [0.1, 0.15) is 40.1 Å². The van der Waals surface area contributed by atoms with Gasteiger partial charge in [0.15, 0.2) is 0 Å². The lowest BCUT2D eigenvalue weighted by molar-refractivity contribution is -0.120. The number of benzene rings is 1. The molecule has 5 nitrogen and oxygen atoms in total. The molecular formula is C18H22N3O2S+. The molecule has 6 heteroatoms. The third-order valence-electron chi connectivity index (χ3n) is 3.66. The maximum absolute atomic E-state index is 12.3. The van der Waals surface area contributed by atoms with Gasteiger partial charge in [-0.2, -0.15) is 0 Å². The lowest BCUT2D eigenvalue weighted by Crippen LogP contribution is -2.38. The van der Waals surface area contributed by atoms with E-state index in [0.29, 0.717) is 10.6 Å². The Labute approximate surface area is 147 Å². The molecule has 24 heavy (non-hydrogen) atoms. The van der Waals surface area contributed by atoms with E-state index in [2.05, 4.69) is 28.2 Å². The first kappa shape index (κ1) is 18.0. The van der Waals surface area contributed by atoms with Gasteiger partial charge in [-0.25, -0.2) is 4.98 Å². The molecule has 1 aromatic heterocycles. The largest absolute Gasteiger partial charge is 0.348 e. The molecule has 0 aliphatic carbocycles. The number of hydrogen-bond donors (Lipinski definition) is 2. The molecule has 1 heterocycles. The quantitative estimate of drug-likeness (QED) is 0.811. The molecular weight excluding hydrogens is 322 g/mol. The molecule has 2 rings (SSSR count). The van der Waals surface area contributed by atoms with Gasteiger partial charge in [0, 0.05) is 18.3 Å². The summed E-state index contributed by atoms with van der Waals surface area (Å²) in [4.78, 5) is 28.6. The molecule has 2 amide bonds. The van der Waals surface area contributed by atoms with Crippen molar-refractivity contribution in [1.82, 2.24) is 15.6 Å². The van der Waals surface area contributed by atoms with E-state index >= 15 is 0 Å². The summed E-state index contributed by atoms with van der Waals surface area (Å²) in [6.45, 7) is 5.51. The van der Waals surface area contributed by atoms with E-state index < -0.39 is 0 Å². The van der Waals surface area contributed by atoms with Gasteiger partial charge in [-0.1, -0.05) is 30.3 Å². The van der Waals surface area contributed by atoms with Crippen molar-refractivity contribution in [3.8, 4) is 0 Å². The number of aryl methyl sites for hydroxylation is 2. The number of aromatic nitrogens is 1. The number of nitrogens with zero attached hydrogens (tertiary/aromatic N) is 1. The van der Waals surface area contributed by atoms with E-state index in [1.807, 2.05) is 57.2 Å². The fraction of sp³-hybridized carbons (Fsp3) is 0.278. The smallest absolute Gasteiger partial charge is 0.258 e. The third-order valence-corrected chi connectivity index (χ3v) is 4.02. The minimum atomic E-state index is -0.326. The molecule has 0 bridgehead atoms. The fourth-order valence-corrected chi connectivity index (χ4v) is 2.98. The van der Waals surface area contributed by atoms with Crippen LogP contribution in [0.3, 0.4) is 0 Å². The number of hydrogen-bond acceptors (Lipinski definition) is 3. The summed E-state index contributed by atoms with van der Waals surface area (Å²) < 4.78 is 0. The van der Waals surface area contributed by atoms with E-state index in [0.717, 1.165) is 16.8 Å². The number of carbonyl (C=O) groups excluding carboxylic acids is 2. The summed E-state index contributed by atoms with van der Waals surface area (Å²) in [5.74, 6) is -0.569. The fourth-order valence-electron chi connectivity index (χ4n) is 2.49. The number of nitrogens with one attached hydrogen (secondary N) is 2. The van der Waals surface area contributed by atoms with Crippen molar-refractivity contribution < 1.29 is 9.59 Å². The van der Waals surface area contributed by atoms with Crippen molar-refractivity contribution in [1.29, 1.82) is 0 Å². The van der Waals surface area contributed by atoms with E-state index in [4.69, 9.17) is 0 Å². The molecule has 2 aromatic rings. The van der Waals surface area contributed by atoms with Crippen LogP contribution in [0, 0.1) is 13.8 Å². The number of rotatable bonds is 5. The summed E-state index contributed by atoms with van der Waals surface area (Å²) in [5.41, 5.74) is 3.09. The van der Waals surface area contributed by atoms with Crippen LogP contribution in [-0.2, 0) is 17.4 Å². The molecule has 2 N–H and O–H groups in total. The molecule has 1 unspecified atom stereocenters. The number of pyridine rings is 1. The highest BCUT2D eigenvalue weighted by Gasteiger charge is 2.19. The zero-order chi connectivity index (χ0) is 17.7. The molecule has 0 aliphatic heterocycles. The second kappa shape index (κ2) is 7.97. The normalized spacial score (nSPS) is 11.7. The van der Waals surface area contributed by atoms with E-state index in [1.165, 1.54) is 0 Å². The topological polar surface area (TPSA) is 71.1 Å². The third kappa shape index (κ3) is 4.58. The Kier molecular flexibility index (Phi) is 5.98. The van der Waals surface area contributed by atoms with E-state index in [1.54, 1.807) is 0 Å². The van der Waals surface area contributed by atoms with Crippen LogP contribution in [0.2, 0.25) is 0 Å². The van der Waals surface area contributed by atoms with Gasteiger partial charge in [0.25, 0.3) is 10.9 Å². The van der Waals surface area contributed by atoms with E-state index in [-0.39, 0.29) is 24.4 Å². The second-order valence-corrected chi connectivity index (χ2v) is 6.16. The molecule has 0 aliphatic rings. The standard InChI is InChI=1S/C18H21N3O2S/c1-11-9-12(2)20-18(24)16(11)17(23)19-10-15(22)21-13(3)14-7-5-4-6-8-14/h4-9,13H,10H2,1-3H3,(H,19,23)(H,20,24)(H,21,22)/p+1. The van der Waals surface area contributed by atoms with Crippen molar-refractivity contribution in [2.75, 3.05) is 6.54 Å². The molecule has 0 fully saturated rings. The average molecular weight is 344 g/mol. The molecule has 1 atom stereocenters. The molecule has 0 radical (unpaired) electrons. The van der Waals surface area contributed by atoms with Crippen LogP contribution in [0.5, 0.6) is 0 Å². The summed E-state index contributed by atoms with van der Waals surface area (Å²) in [7, 11) is 0. The van der Waals surface area contributed by atoms with Gasteiger partial charge in [-0.3, -0.25) is 9.59 Å². The number of amides is 2. The van der Waals surface area contributed by atoms with Gasteiger partial charge in [-0.15, -0.1) is 0 Å². The Bertz CT molecular complexity index is 724. The minimum Gasteiger partial charge on any atom is -0.348 e. The maximum Gasteiger partial charge on any atom is 0.258 e. The molecule has 1 aromatic carbocycles. The predicted molar refractivity (Wildman–Crippen MR) is 97.5 cm³/mol. The molecule has 0 spiro atoms. The Morgan fingerprint density at radius 2 is 1.88 bits per heavy atom. The van der Waals surface area contributed by atoms with Crippen LogP contribution >= 0.6 is 0 Å². The Balaban J connectivity index is 1.93. The van der Waals surface area contributed by atoms with Gasteiger partial charge < -0.3 is 10.6 Å². The van der Waals surface area contributed by atoms with Gasteiger partial charge in [0.1, 0.15) is 5.56 Å². The first-order valence-corrected chi connectivity index (χ1v) is 8.21. The molecule has 126 valence electrons. The van der Waals surface area contributed by atoms with Crippen LogP contribution < -0.4 is 10.6 Å². The Morgan fingerprint density at radius 1 is 1.21 bits per heavy atom. The maximum atomic E-state index is 12.3. The summed E-state index contributed by atoms with van der Waals surface area (Å²) >= 11 is 3.36. The van der Waals surface area contributed by atoms with Crippen molar-refractivity contribution in [2.45, 2.75) is 31.8 Å². The molecule has 0 saturated carbocycles. The van der Waals surface area contributed by atoms with Crippen LogP contribution in [0.15, 0.2) is 41.4 Å². The van der Waals surface area contributed by atoms with Crippen molar-refractivity contribution in [3.05, 3.63) is 58.8 Å².